The van der Waals surface area contributed by atoms with E-state index in [0.717, 1.165) is 44.3 Å². The summed E-state index contributed by atoms with van der Waals surface area (Å²) in [6.45, 7) is 1.47. The molecule has 0 bridgehead atoms. The first kappa shape index (κ1) is 22.1. The van der Waals surface area contributed by atoms with Gasteiger partial charge in [0.15, 0.2) is 9.84 Å². The fraction of sp³-hybridized carbons (Fsp3) is 0.500. The highest BCUT2D eigenvalue weighted by atomic mass is 32.2. The molecule has 1 fully saturated rings. The number of piperidine rings is 1. The van der Waals surface area contributed by atoms with E-state index in [9.17, 15) is 18.0 Å². The van der Waals surface area contributed by atoms with Crippen molar-refractivity contribution in [3.05, 3.63) is 29.5 Å². The molecule has 30 heavy (non-hydrogen) atoms. The van der Waals surface area contributed by atoms with Crippen LogP contribution in [0.2, 0.25) is 0 Å². The fourth-order valence-corrected chi connectivity index (χ4v) is 4.58. The zero-order valence-electron chi connectivity index (χ0n) is 17.3. The number of esters is 2. The van der Waals surface area contributed by atoms with E-state index in [0.29, 0.717) is 0 Å². The van der Waals surface area contributed by atoms with Crippen molar-refractivity contribution in [3.8, 4) is 0 Å². The van der Waals surface area contributed by atoms with Crippen LogP contribution in [0.1, 0.15) is 19.3 Å². The summed E-state index contributed by atoms with van der Waals surface area (Å²) in [5.74, 6) is -1.52. The largest absolute Gasteiger partial charge is 0.466 e. The van der Waals surface area contributed by atoms with Crippen molar-refractivity contribution < 1.29 is 32.2 Å². The lowest BCUT2D eigenvalue weighted by molar-refractivity contribution is -0.140. The predicted molar refractivity (Wildman–Crippen MR) is 110 cm³/mol. The molecular weight excluding hydrogens is 412 g/mol. The summed E-state index contributed by atoms with van der Waals surface area (Å²) in [4.78, 5) is 28.4. The van der Waals surface area contributed by atoms with Gasteiger partial charge in [0.1, 0.15) is 12.4 Å². The van der Waals surface area contributed by atoms with Crippen molar-refractivity contribution in [1.82, 2.24) is 0 Å². The second-order valence-electron chi connectivity index (χ2n) is 7.19. The van der Waals surface area contributed by atoms with Gasteiger partial charge in [0, 0.05) is 25.0 Å². The number of rotatable bonds is 5. The summed E-state index contributed by atoms with van der Waals surface area (Å²) < 4.78 is 40.1. The molecule has 2 aliphatic heterocycles. The Hall–Kier alpha value is -2.59. The molecule has 164 valence electrons. The number of nitrogens with zero attached hydrogens (tertiary/aromatic N) is 2. The molecule has 0 N–H and O–H groups in total. The number of carbonyl (C=O) groups is 2. The molecule has 10 heteroatoms. The van der Waals surface area contributed by atoms with Gasteiger partial charge >= 0.3 is 11.9 Å². The Morgan fingerprint density at radius 2 is 1.70 bits per heavy atom. The van der Waals surface area contributed by atoms with E-state index in [-0.39, 0.29) is 35.2 Å². The minimum absolute atomic E-state index is 0.0272. The van der Waals surface area contributed by atoms with Crippen LogP contribution >= 0.6 is 0 Å². The van der Waals surface area contributed by atoms with Gasteiger partial charge in [-0.15, -0.1) is 0 Å². The summed E-state index contributed by atoms with van der Waals surface area (Å²) in [6, 6.07) is 5.00. The molecule has 0 saturated carbocycles. The highest BCUT2D eigenvalue weighted by Crippen LogP contribution is 2.35. The maximum atomic E-state index is 12.6. The first-order chi connectivity index (χ1) is 14.3. The molecule has 0 radical (unpaired) electrons. The Balaban J connectivity index is 2.19. The third-order valence-corrected chi connectivity index (χ3v) is 6.33. The highest BCUT2D eigenvalue weighted by Gasteiger charge is 2.34. The molecule has 1 saturated heterocycles. The zero-order valence-corrected chi connectivity index (χ0v) is 18.2. The van der Waals surface area contributed by atoms with Crippen LogP contribution in [0.5, 0.6) is 0 Å². The van der Waals surface area contributed by atoms with Gasteiger partial charge in [-0.3, -0.25) is 0 Å². The number of carbonyl (C=O) groups excluding carboxylic acids is 2. The van der Waals surface area contributed by atoms with Crippen molar-refractivity contribution in [2.24, 2.45) is 0 Å². The van der Waals surface area contributed by atoms with Gasteiger partial charge in [0.05, 0.1) is 37.0 Å². The molecular formula is C20H26N2O7S. The van der Waals surface area contributed by atoms with Crippen molar-refractivity contribution in [2.75, 3.05) is 56.7 Å². The molecule has 2 aliphatic rings. The van der Waals surface area contributed by atoms with Gasteiger partial charge in [-0.25, -0.2) is 18.0 Å². The van der Waals surface area contributed by atoms with Gasteiger partial charge in [-0.1, -0.05) is 0 Å². The number of anilines is 2. The smallest absolute Gasteiger partial charge is 0.355 e. The summed E-state index contributed by atoms with van der Waals surface area (Å²) in [7, 11) is -1.25. The zero-order chi connectivity index (χ0) is 21.9. The molecule has 9 nitrogen and oxygen atoms in total. The molecule has 1 aromatic carbocycles. The van der Waals surface area contributed by atoms with E-state index in [4.69, 9.17) is 14.2 Å². The minimum Gasteiger partial charge on any atom is -0.466 e. The number of hydrogen-bond acceptors (Lipinski definition) is 9. The fourth-order valence-electron chi connectivity index (χ4n) is 3.71. The third kappa shape index (κ3) is 4.44. The topological polar surface area (TPSA) is 102 Å². The van der Waals surface area contributed by atoms with Gasteiger partial charge < -0.3 is 24.0 Å². The molecule has 0 aromatic heterocycles. The minimum atomic E-state index is -3.64. The number of methoxy groups -OCH3 is 2. The Kier molecular flexibility index (Phi) is 6.67. The lowest BCUT2D eigenvalue weighted by Gasteiger charge is -2.34. The normalized spacial score (nSPS) is 17.7. The lowest BCUT2D eigenvalue weighted by Crippen LogP contribution is -2.39. The van der Waals surface area contributed by atoms with E-state index >= 15 is 0 Å². The molecule has 2 heterocycles. The molecule has 0 atom stereocenters. The first-order valence-electron chi connectivity index (χ1n) is 9.62. The van der Waals surface area contributed by atoms with Crippen LogP contribution in [-0.2, 0) is 33.6 Å². The molecule has 0 spiro atoms. The van der Waals surface area contributed by atoms with Crippen molar-refractivity contribution in [1.29, 1.82) is 0 Å². The lowest BCUT2D eigenvalue weighted by atomic mass is 10.1. The second-order valence-corrected chi connectivity index (χ2v) is 9.17. The van der Waals surface area contributed by atoms with Crippen molar-refractivity contribution in [3.63, 3.8) is 0 Å². The number of benzene rings is 1. The monoisotopic (exact) mass is 438 g/mol. The van der Waals surface area contributed by atoms with Crippen LogP contribution in [0.15, 0.2) is 34.4 Å². The van der Waals surface area contributed by atoms with Crippen molar-refractivity contribution in [2.45, 2.75) is 24.2 Å². The molecule has 1 aromatic rings. The van der Waals surface area contributed by atoms with Gasteiger partial charge in [0.25, 0.3) is 0 Å². The van der Waals surface area contributed by atoms with Crippen LogP contribution in [0.4, 0.5) is 11.4 Å². The molecule has 0 aliphatic carbocycles. The summed E-state index contributed by atoms with van der Waals surface area (Å²) >= 11 is 0. The van der Waals surface area contributed by atoms with E-state index in [1.165, 1.54) is 25.2 Å². The van der Waals surface area contributed by atoms with Crippen LogP contribution in [-0.4, -0.2) is 67.3 Å². The SMILES string of the molecule is COC(=O)C1=C(C(=O)OC)N(c2cc(N3CCCCC3)ccc2S(C)(=O)=O)COC1. The maximum absolute atomic E-state index is 12.6. The molecule has 0 amide bonds. The average Bonchev–Trinajstić information content (AvgIpc) is 2.77. The standard InChI is InChI=1S/C20H26N2O7S/c1-27-19(23)15-12-29-13-22(18(15)20(24)28-2)16-11-14(21-9-5-4-6-10-21)7-8-17(16)30(3,25)26/h7-8,11H,4-6,9-10,12-13H2,1-3H3. The van der Waals surface area contributed by atoms with Crippen molar-refractivity contribution >= 4 is 33.2 Å². The van der Waals surface area contributed by atoms with Gasteiger partial charge in [0.2, 0.25) is 0 Å². The maximum Gasteiger partial charge on any atom is 0.355 e. The summed E-state index contributed by atoms with van der Waals surface area (Å²) in [5.41, 5.74) is 0.975. The summed E-state index contributed by atoms with van der Waals surface area (Å²) in [6.07, 6.45) is 4.36. The average molecular weight is 439 g/mol. The van der Waals surface area contributed by atoms with E-state index < -0.39 is 21.8 Å². The third-order valence-electron chi connectivity index (χ3n) is 5.19. The van der Waals surface area contributed by atoms with Crippen LogP contribution in [0, 0.1) is 0 Å². The van der Waals surface area contributed by atoms with Crippen LogP contribution in [0.3, 0.4) is 0 Å². The number of hydrogen-bond donors (Lipinski definition) is 0. The Morgan fingerprint density at radius 3 is 2.30 bits per heavy atom. The number of ether oxygens (including phenoxy) is 3. The molecule has 3 rings (SSSR count). The van der Waals surface area contributed by atoms with E-state index in [2.05, 4.69) is 4.90 Å². The highest BCUT2D eigenvalue weighted by molar-refractivity contribution is 7.90. The summed E-state index contributed by atoms with van der Waals surface area (Å²) in [5, 5.41) is 0. The molecule has 0 unspecified atom stereocenters. The first-order valence-corrected chi connectivity index (χ1v) is 11.5. The van der Waals surface area contributed by atoms with E-state index in [1.54, 1.807) is 12.1 Å². The van der Waals surface area contributed by atoms with Gasteiger partial charge in [-0.05, 0) is 37.5 Å². The quantitative estimate of drug-likeness (QED) is 0.632. The Bertz CT molecular complexity index is 965. The van der Waals surface area contributed by atoms with E-state index in [1.807, 2.05) is 0 Å². The number of sulfone groups is 1. The Morgan fingerprint density at radius 1 is 1.03 bits per heavy atom. The van der Waals surface area contributed by atoms with Crippen LogP contribution < -0.4 is 9.80 Å². The predicted octanol–water partition coefficient (Wildman–Crippen LogP) is 1.47. The Labute approximate surface area is 176 Å². The van der Waals surface area contributed by atoms with Crippen LogP contribution in [0.25, 0.3) is 0 Å². The second kappa shape index (κ2) is 9.05. The van der Waals surface area contributed by atoms with Gasteiger partial charge in [-0.2, -0.15) is 0 Å².